The first kappa shape index (κ1) is 15.4. The molecule has 108 valence electrons. The number of aryl methyl sites for hydroxylation is 2. The third kappa shape index (κ3) is 4.81. The van der Waals surface area contributed by atoms with Crippen LogP contribution >= 0.6 is 11.6 Å². The van der Waals surface area contributed by atoms with Gasteiger partial charge in [-0.1, -0.05) is 30.0 Å². The van der Waals surface area contributed by atoms with Crippen LogP contribution in [0.2, 0.25) is 0 Å². The van der Waals surface area contributed by atoms with E-state index in [0.717, 1.165) is 16.9 Å². The van der Waals surface area contributed by atoms with Crippen LogP contribution in [0.4, 0.5) is 0 Å². The van der Waals surface area contributed by atoms with Gasteiger partial charge in [0, 0.05) is 24.1 Å². The topological polar surface area (TPSA) is 22.1 Å². The van der Waals surface area contributed by atoms with Crippen molar-refractivity contribution in [2.45, 2.75) is 26.9 Å². The van der Waals surface area contributed by atoms with Gasteiger partial charge >= 0.3 is 0 Å². The largest absolute Gasteiger partial charge is 0.487 e. The van der Waals surface area contributed by atoms with Crippen LogP contribution in [0, 0.1) is 25.7 Å². The highest BCUT2D eigenvalue weighted by Gasteiger charge is 2.00. The van der Waals surface area contributed by atoms with Crippen LogP contribution in [0.5, 0.6) is 5.75 Å². The second-order valence-electron chi connectivity index (χ2n) is 4.86. The van der Waals surface area contributed by atoms with Gasteiger partial charge in [-0.15, -0.1) is 11.6 Å². The summed E-state index contributed by atoms with van der Waals surface area (Å²) in [6.45, 7) is 4.74. The highest BCUT2D eigenvalue weighted by Crippen LogP contribution is 2.15. The van der Waals surface area contributed by atoms with E-state index in [-0.39, 0.29) is 0 Å². The second kappa shape index (κ2) is 7.71. The quantitative estimate of drug-likeness (QED) is 0.622. The standard InChI is InChI=1S/C18H18ClNO/c1-14-6-7-17(9-15(14)2)13-21-18-10-16(11-20-12-18)5-3-4-8-19/h6-7,9-12H,4,8,13H2,1-2H3. The fourth-order valence-electron chi connectivity index (χ4n) is 1.84. The van der Waals surface area contributed by atoms with Crippen LogP contribution in [0.15, 0.2) is 36.7 Å². The van der Waals surface area contributed by atoms with Crippen molar-refractivity contribution in [1.82, 2.24) is 4.98 Å². The summed E-state index contributed by atoms with van der Waals surface area (Å²) in [5.74, 6) is 7.29. The number of pyridine rings is 1. The van der Waals surface area contributed by atoms with Gasteiger partial charge in [0.05, 0.1) is 6.20 Å². The summed E-state index contributed by atoms with van der Waals surface area (Å²) < 4.78 is 5.78. The van der Waals surface area contributed by atoms with Crippen molar-refractivity contribution < 1.29 is 4.74 Å². The van der Waals surface area contributed by atoms with Gasteiger partial charge in [0.25, 0.3) is 0 Å². The van der Waals surface area contributed by atoms with Gasteiger partial charge in [-0.2, -0.15) is 0 Å². The lowest BCUT2D eigenvalue weighted by molar-refractivity contribution is 0.305. The van der Waals surface area contributed by atoms with Gasteiger partial charge < -0.3 is 4.74 Å². The minimum absolute atomic E-state index is 0.529. The number of hydrogen-bond acceptors (Lipinski definition) is 2. The molecular weight excluding hydrogens is 282 g/mol. The van der Waals surface area contributed by atoms with Crippen molar-refractivity contribution in [1.29, 1.82) is 0 Å². The fourth-order valence-corrected chi connectivity index (χ4v) is 1.93. The van der Waals surface area contributed by atoms with E-state index in [4.69, 9.17) is 16.3 Å². The van der Waals surface area contributed by atoms with E-state index >= 15 is 0 Å². The number of nitrogens with zero attached hydrogens (tertiary/aromatic N) is 1. The minimum Gasteiger partial charge on any atom is -0.487 e. The molecule has 0 unspecified atom stereocenters. The lowest BCUT2D eigenvalue weighted by Crippen LogP contribution is -1.97. The molecule has 0 atom stereocenters. The molecule has 0 saturated heterocycles. The third-order valence-corrected chi connectivity index (χ3v) is 3.33. The first-order chi connectivity index (χ1) is 10.2. The number of benzene rings is 1. The Morgan fingerprint density at radius 2 is 2.00 bits per heavy atom. The molecule has 0 radical (unpaired) electrons. The molecule has 3 heteroatoms. The molecule has 0 saturated carbocycles. The maximum atomic E-state index is 5.78. The number of halogens is 1. The molecule has 0 aliphatic rings. The summed E-state index contributed by atoms with van der Waals surface area (Å²) in [6.07, 6.45) is 4.10. The van der Waals surface area contributed by atoms with E-state index in [2.05, 4.69) is 48.9 Å². The van der Waals surface area contributed by atoms with Crippen LogP contribution in [-0.4, -0.2) is 10.9 Å². The van der Waals surface area contributed by atoms with E-state index in [1.165, 1.54) is 11.1 Å². The third-order valence-electron chi connectivity index (χ3n) is 3.14. The summed E-state index contributed by atoms with van der Waals surface area (Å²) in [7, 11) is 0. The summed E-state index contributed by atoms with van der Waals surface area (Å²) in [5, 5.41) is 0. The van der Waals surface area contributed by atoms with Gasteiger partial charge in [0.2, 0.25) is 0 Å². The molecule has 2 aromatic rings. The fraction of sp³-hybridized carbons (Fsp3) is 0.278. The average Bonchev–Trinajstić information content (AvgIpc) is 2.49. The van der Waals surface area contributed by atoms with Crippen molar-refractivity contribution in [2.75, 3.05) is 5.88 Å². The molecule has 0 amide bonds. The molecule has 1 aromatic carbocycles. The number of hydrogen-bond donors (Lipinski definition) is 0. The Morgan fingerprint density at radius 3 is 2.76 bits per heavy atom. The van der Waals surface area contributed by atoms with Crippen molar-refractivity contribution in [3.63, 3.8) is 0 Å². The molecule has 0 bridgehead atoms. The van der Waals surface area contributed by atoms with Crippen molar-refractivity contribution in [2.24, 2.45) is 0 Å². The summed E-state index contributed by atoms with van der Waals surface area (Å²) in [4.78, 5) is 4.15. The zero-order valence-electron chi connectivity index (χ0n) is 12.3. The molecule has 0 spiro atoms. The molecule has 2 rings (SSSR count). The number of rotatable bonds is 4. The van der Waals surface area contributed by atoms with Gasteiger partial charge in [0.15, 0.2) is 0 Å². The Balaban J connectivity index is 2.01. The molecular formula is C18H18ClNO. The lowest BCUT2D eigenvalue weighted by Gasteiger charge is -2.08. The SMILES string of the molecule is Cc1ccc(COc2cncc(C#CCCCl)c2)cc1C. The van der Waals surface area contributed by atoms with Crippen molar-refractivity contribution in [3.05, 3.63) is 58.9 Å². The van der Waals surface area contributed by atoms with Gasteiger partial charge in [-0.3, -0.25) is 4.98 Å². The van der Waals surface area contributed by atoms with E-state index in [1.54, 1.807) is 12.4 Å². The maximum Gasteiger partial charge on any atom is 0.139 e. The minimum atomic E-state index is 0.529. The maximum absolute atomic E-state index is 5.78. The second-order valence-corrected chi connectivity index (χ2v) is 5.24. The van der Waals surface area contributed by atoms with Gasteiger partial charge in [-0.05, 0) is 36.6 Å². The van der Waals surface area contributed by atoms with E-state index in [1.807, 2.05) is 6.07 Å². The van der Waals surface area contributed by atoms with Crippen LogP contribution in [-0.2, 0) is 6.61 Å². The predicted octanol–water partition coefficient (Wildman–Crippen LogP) is 4.26. The molecule has 21 heavy (non-hydrogen) atoms. The van der Waals surface area contributed by atoms with Crippen molar-refractivity contribution in [3.8, 4) is 17.6 Å². The van der Waals surface area contributed by atoms with Gasteiger partial charge in [-0.25, -0.2) is 0 Å². The molecule has 1 heterocycles. The Morgan fingerprint density at radius 1 is 1.14 bits per heavy atom. The highest BCUT2D eigenvalue weighted by molar-refractivity contribution is 6.18. The molecule has 1 aromatic heterocycles. The van der Waals surface area contributed by atoms with Crippen LogP contribution < -0.4 is 4.74 Å². The molecule has 0 N–H and O–H groups in total. The normalized spacial score (nSPS) is 9.86. The summed E-state index contributed by atoms with van der Waals surface area (Å²) >= 11 is 5.60. The van der Waals surface area contributed by atoms with E-state index in [9.17, 15) is 0 Å². The number of ether oxygens (including phenoxy) is 1. The van der Waals surface area contributed by atoms with Crippen LogP contribution in [0.1, 0.15) is 28.7 Å². The molecule has 2 nitrogen and oxygen atoms in total. The van der Waals surface area contributed by atoms with Crippen LogP contribution in [0.25, 0.3) is 0 Å². The summed E-state index contributed by atoms with van der Waals surface area (Å²) in [5.41, 5.74) is 4.56. The molecule has 0 aliphatic carbocycles. The first-order valence-corrected chi connectivity index (χ1v) is 7.41. The van der Waals surface area contributed by atoms with Gasteiger partial charge in [0.1, 0.15) is 12.4 Å². The van der Waals surface area contributed by atoms with E-state index in [0.29, 0.717) is 18.9 Å². The first-order valence-electron chi connectivity index (χ1n) is 6.88. The Kier molecular flexibility index (Phi) is 5.66. The Labute approximate surface area is 131 Å². The monoisotopic (exact) mass is 299 g/mol. The summed E-state index contributed by atoms with van der Waals surface area (Å²) in [6, 6.07) is 8.24. The Bertz CT molecular complexity index is 670. The number of alkyl halides is 1. The lowest BCUT2D eigenvalue weighted by atomic mass is 10.1. The van der Waals surface area contributed by atoms with Crippen LogP contribution in [0.3, 0.4) is 0 Å². The Hall–Kier alpha value is -1.98. The molecule has 0 aliphatic heterocycles. The van der Waals surface area contributed by atoms with E-state index < -0.39 is 0 Å². The predicted molar refractivity (Wildman–Crippen MR) is 86.7 cm³/mol. The molecule has 0 fully saturated rings. The highest BCUT2D eigenvalue weighted by atomic mass is 35.5. The zero-order valence-corrected chi connectivity index (χ0v) is 13.1. The number of aromatic nitrogens is 1. The average molecular weight is 300 g/mol. The van der Waals surface area contributed by atoms with Crippen molar-refractivity contribution >= 4 is 11.6 Å². The zero-order chi connectivity index (χ0) is 15.1. The smallest absolute Gasteiger partial charge is 0.139 e.